The highest BCUT2D eigenvalue weighted by Gasteiger charge is 2.00. The van der Waals surface area contributed by atoms with Crippen LogP contribution in [0.1, 0.15) is 12.8 Å². The molecule has 0 unspecified atom stereocenters. The summed E-state index contributed by atoms with van der Waals surface area (Å²) in [5.41, 5.74) is 1.20. The summed E-state index contributed by atoms with van der Waals surface area (Å²) in [5.74, 6) is 0. The van der Waals surface area contributed by atoms with Crippen LogP contribution in [0.15, 0.2) is 11.6 Å². The van der Waals surface area contributed by atoms with Crippen molar-refractivity contribution in [3.63, 3.8) is 0 Å². The smallest absolute Gasteiger partial charge is 0.0641 e. The van der Waals surface area contributed by atoms with Gasteiger partial charge >= 0.3 is 0 Å². The Balaban J connectivity index is 2.32. The lowest BCUT2D eigenvalue weighted by atomic mass is 10.0. The van der Waals surface area contributed by atoms with Crippen molar-refractivity contribution >= 4 is 0 Å². The third kappa shape index (κ3) is 0.455. The van der Waals surface area contributed by atoms with Crippen LogP contribution in [-0.4, -0.2) is 11.7 Å². The third-order valence-corrected chi connectivity index (χ3v) is 1.10. The van der Waals surface area contributed by atoms with Gasteiger partial charge in [-0.15, -0.1) is 0 Å². The second kappa shape index (κ2) is 1.43. The molecule has 0 radical (unpaired) electrons. The molecule has 0 amide bonds. The number of aliphatic hydroxyl groups is 1. The fourth-order valence-corrected chi connectivity index (χ4v) is 0.492. The minimum atomic E-state index is 0.278. The first-order valence-corrected chi connectivity index (χ1v) is 2.22. The molecule has 0 saturated heterocycles. The molecular formula is C5H8O. The first-order chi connectivity index (χ1) is 2.93. The van der Waals surface area contributed by atoms with Gasteiger partial charge in [0.25, 0.3) is 0 Å². The number of rotatable bonds is 1. The summed E-state index contributed by atoms with van der Waals surface area (Å²) in [6.45, 7) is 0.278. The first-order valence-electron chi connectivity index (χ1n) is 2.22. The van der Waals surface area contributed by atoms with E-state index in [2.05, 4.69) is 6.08 Å². The zero-order chi connectivity index (χ0) is 4.41. The van der Waals surface area contributed by atoms with Crippen molar-refractivity contribution in [2.45, 2.75) is 12.8 Å². The van der Waals surface area contributed by atoms with Gasteiger partial charge < -0.3 is 5.11 Å². The standard InChI is InChI=1S/C5H8O/c6-4-5-2-1-3-5/h2,6H,1,3-4H2. The van der Waals surface area contributed by atoms with Crippen molar-refractivity contribution in [1.82, 2.24) is 0 Å². The third-order valence-electron chi connectivity index (χ3n) is 1.10. The Morgan fingerprint density at radius 2 is 2.50 bits per heavy atom. The summed E-state index contributed by atoms with van der Waals surface area (Å²) in [5, 5.41) is 8.32. The van der Waals surface area contributed by atoms with Crippen molar-refractivity contribution in [3.8, 4) is 0 Å². The SMILES string of the molecule is OCC1=CCC1. The van der Waals surface area contributed by atoms with Gasteiger partial charge in [-0.25, -0.2) is 0 Å². The summed E-state index contributed by atoms with van der Waals surface area (Å²) >= 11 is 0. The highest BCUT2D eigenvalue weighted by atomic mass is 16.3. The van der Waals surface area contributed by atoms with E-state index >= 15 is 0 Å². The molecule has 0 aliphatic heterocycles. The Kier molecular flexibility index (Phi) is 0.926. The van der Waals surface area contributed by atoms with Crippen LogP contribution < -0.4 is 0 Å². The lowest BCUT2D eigenvalue weighted by molar-refractivity contribution is 0.321. The van der Waals surface area contributed by atoms with E-state index in [4.69, 9.17) is 5.11 Å². The van der Waals surface area contributed by atoms with Crippen molar-refractivity contribution in [2.75, 3.05) is 6.61 Å². The molecule has 0 fully saturated rings. The van der Waals surface area contributed by atoms with E-state index in [0.29, 0.717) is 0 Å². The maximum Gasteiger partial charge on any atom is 0.0641 e. The molecule has 34 valence electrons. The van der Waals surface area contributed by atoms with Crippen LogP contribution >= 0.6 is 0 Å². The van der Waals surface area contributed by atoms with Crippen LogP contribution in [0.2, 0.25) is 0 Å². The van der Waals surface area contributed by atoms with E-state index in [-0.39, 0.29) is 6.61 Å². The van der Waals surface area contributed by atoms with Gasteiger partial charge in [-0.2, -0.15) is 0 Å². The molecule has 1 nitrogen and oxygen atoms in total. The number of hydrogen-bond acceptors (Lipinski definition) is 1. The van der Waals surface area contributed by atoms with Gasteiger partial charge in [0.05, 0.1) is 6.61 Å². The molecule has 1 rings (SSSR count). The molecule has 0 atom stereocenters. The molecular weight excluding hydrogens is 76.1 g/mol. The molecule has 0 aromatic carbocycles. The van der Waals surface area contributed by atoms with Crippen molar-refractivity contribution in [1.29, 1.82) is 0 Å². The predicted molar refractivity (Wildman–Crippen MR) is 24.4 cm³/mol. The van der Waals surface area contributed by atoms with Gasteiger partial charge in [0.15, 0.2) is 0 Å². The Bertz CT molecular complexity index is 74.0. The fraction of sp³-hybridized carbons (Fsp3) is 0.600. The maximum absolute atomic E-state index is 8.32. The second-order valence-electron chi connectivity index (χ2n) is 1.56. The van der Waals surface area contributed by atoms with Gasteiger partial charge in [0.2, 0.25) is 0 Å². The topological polar surface area (TPSA) is 20.2 Å². The summed E-state index contributed by atoms with van der Waals surface area (Å²) in [6, 6.07) is 0. The van der Waals surface area contributed by atoms with Crippen LogP contribution in [-0.2, 0) is 0 Å². The number of allylic oxidation sites excluding steroid dienone is 1. The highest BCUT2D eigenvalue weighted by molar-refractivity contribution is 5.11. The van der Waals surface area contributed by atoms with Gasteiger partial charge in [0.1, 0.15) is 0 Å². The molecule has 0 spiro atoms. The van der Waals surface area contributed by atoms with Crippen molar-refractivity contribution < 1.29 is 5.11 Å². The summed E-state index contributed by atoms with van der Waals surface area (Å²) in [7, 11) is 0. The van der Waals surface area contributed by atoms with Crippen molar-refractivity contribution in [3.05, 3.63) is 11.6 Å². The van der Waals surface area contributed by atoms with Gasteiger partial charge in [-0.05, 0) is 18.4 Å². The molecule has 1 N–H and O–H groups in total. The van der Waals surface area contributed by atoms with Crippen LogP contribution in [0.3, 0.4) is 0 Å². The Labute approximate surface area is 37.3 Å². The lowest BCUT2D eigenvalue weighted by Gasteiger charge is -2.08. The Morgan fingerprint density at radius 3 is 2.50 bits per heavy atom. The highest BCUT2D eigenvalue weighted by Crippen LogP contribution is 2.15. The molecule has 0 aromatic rings. The zero-order valence-electron chi connectivity index (χ0n) is 3.65. The zero-order valence-corrected chi connectivity index (χ0v) is 3.65. The molecule has 6 heavy (non-hydrogen) atoms. The normalized spacial score (nSPS) is 19.2. The van der Waals surface area contributed by atoms with E-state index in [9.17, 15) is 0 Å². The lowest BCUT2D eigenvalue weighted by Crippen LogP contribution is -1.97. The number of aliphatic hydroxyl groups excluding tert-OH is 1. The average molecular weight is 84.1 g/mol. The minimum Gasteiger partial charge on any atom is -0.392 e. The fourth-order valence-electron chi connectivity index (χ4n) is 0.492. The Hall–Kier alpha value is -0.300. The average Bonchev–Trinajstić information content (AvgIpc) is 1.31. The van der Waals surface area contributed by atoms with E-state index in [1.807, 2.05) is 0 Å². The van der Waals surface area contributed by atoms with E-state index < -0.39 is 0 Å². The molecule has 0 heterocycles. The van der Waals surface area contributed by atoms with E-state index in [1.54, 1.807) is 0 Å². The second-order valence-corrected chi connectivity index (χ2v) is 1.56. The maximum atomic E-state index is 8.32. The van der Waals surface area contributed by atoms with Gasteiger partial charge in [-0.3, -0.25) is 0 Å². The summed E-state index contributed by atoms with van der Waals surface area (Å²) < 4.78 is 0. The minimum absolute atomic E-state index is 0.278. The van der Waals surface area contributed by atoms with Crippen LogP contribution in [0, 0.1) is 0 Å². The molecule has 0 saturated carbocycles. The van der Waals surface area contributed by atoms with Crippen molar-refractivity contribution in [2.24, 2.45) is 0 Å². The molecule has 1 heteroatoms. The van der Waals surface area contributed by atoms with E-state index in [0.717, 1.165) is 6.42 Å². The first kappa shape index (κ1) is 3.88. The van der Waals surface area contributed by atoms with Crippen LogP contribution in [0.25, 0.3) is 0 Å². The monoisotopic (exact) mass is 84.1 g/mol. The molecule has 1 aliphatic carbocycles. The summed E-state index contributed by atoms with van der Waals surface area (Å²) in [6.07, 6.45) is 4.37. The van der Waals surface area contributed by atoms with Crippen LogP contribution in [0.4, 0.5) is 0 Å². The van der Waals surface area contributed by atoms with E-state index in [1.165, 1.54) is 12.0 Å². The Morgan fingerprint density at radius 1 is 1.83 bits per heavy atom. The van der Waals surface area contributed by atoms with Gasteiger partial charge in [-0.1, -0.05) is 6.08 Å². The molecule has 1 aliphatic rings. The number of hydrogen-bond donors (Lipinski definition) is 1. The van der Waals surface area contributed by atoms with Gasteiger partial charge in [0, 0.05) is 0 Å². The quantitative estimate of drug-likeness (QED) is 0.464. The molecule has 0 bridgehead atoms. The summed E-state index contributed by atoms with van der Waals surface area (Å²) in [4.78, 5) is 0. The predicted octanol–water partition coefficient (Wildman–Crippen LogP) is 0.699. The largest absolute Gasteiger partial charge is 0.392 e. The van der Waals surface area contributed by atoms with Crippen LogP contribution in [0.5, 0.6) is 0 Å². The molecule has 0 aromatic heterocycles.